The second-order valence-electron chi connectivity index (χ2n) is 6.51. The molecule has 0 aliphatic carbocycles. The Bertz CT molecular complexity index is 675. The minimum absolute atomic E-state index is 0.00287. The maximum Gasteiger partial charge on any atom is 0.255 e. The van der Waals surface area contributed by atoms with Crippen molar-refractivity contribution in [2.75, 3.05) is 25.4 Å². The van der Waals surface area contributed by atoms with Crippen molar-refractivity contribution in [3.05, 3.63) is 33.8 Å². The first-order chi connectivity index (χ1) is 12.0. The molecule has 3 rings (SSSR count). The van der Waals surface area contributed by atoms with Gasteiger partial charge in [-0.25, -0.2) is 0 Å². The summed E-state index contributed by atoms with van der Waals surface area (Å²) in [6.45, 7) is 4.19. The summed E-state index contributed by atoms with van der Waals surface area (Å²) in [7, 11) is 0. The Morgan fingerprint density at radius 1 is 1.16 bits per heavy atom. The van der Waals surface area contributed by atoms with Gasteiger partial charge in [-0.3, -0.25) is 9.59 Å². The highest BCUT2D eigenvalue weighted by Crippen LogP contribution is 2.44. The molecule has 7 heteroatoms. The Labute approximate surface area is 162 Å². The van der Waals surface area contributed by atoms with E-state index >= 15 is 0 Å². The standard InChI is InChI=1S/C18H22Cl2N2O2S/c1-2-3-16(23)21-8-6-18(7-9-21)22(10-11-25-18)17(24)13-4-5-14(19)15(20)12-13/h4-5,12H,2-3,6-11H2,1H3. The Balaban J connectivity index is 1.73. The number of hydrogen-bond acceptors (Lipinski definition) is 3. The van der Waals surface area contributed by atoms with Crippen LogP contribution in [0.2, 0.25) is 10.0 Å². The largest absolute Gasteiger partial charge is 0.342 e. The number of amides is 2. The lowest BCUT2D eigenvalue weighted by Gasteiger charge is -2.44. The van der Waals surface area contributed by atoms with Crippen molar-refractivity contribution in [1.29, 1.82) is 0 Å². The van der Waals surface area contributed by atoms with Crippen LogP contribution in [0.15, 0.2) is 18.2 Å². The van der Waals surface area contributed by atoms with E-state index in [2.05, 4.69) is 0 Å². The fraction of sp³-hybridized carbons (Fsp3) is 0.556. The first kappa shape index (κ1) is 18.9. The molecule has 2 heterocycles. The fourth-order valence-corrected chi connectivity index (χ4v) is 5.33. The monoisotopic (exact) mass is 400 g/mol. The molecule has 2 fully saturated rings. The Morgan fingerprint density at radius 2 is 1.88 bits per heavy atom. The summed E-state index contributed by atoms with van der Waals surface area (Å²) in [4.78, 5) is 28.9. The van der Waals surface area contributed by atoms with Gasteiger partial charge in [0.25, 0.3) is 5.91 Å². The zero-order chi connectivity index (χ0) is 18.0. The maximum atomic E-state index is 13.0. The van der Waals surface area contributed by atoms with Crippen molar-refractivity contribution in [1.82, 2.24) is 9.80 Å². The van der Waals surface area contributed by atoms with Crippen LogP contribution in [0.3, 0.4) is 0 Å². The Kier molecular flexibility index (Phi) is 5.86. The van der Waals surface area contributed by atoms with E-state index in [0.717, 1.165) is 44.6 Å². The molecular formula is C18H22Cl2N2O2S. The molecule has 0 bridgehead atoms. The van der Waals surface area contributed by atoms with Gasteiger partial charge in [0.2, 0.25) is 5.91 Å². The van der Waals surface area contributed by atoms with Crippen LogP contribution in [0.5, 0.6) is 0 Å². The maximum absolute atomic E-state index is 13.0. The van der Waals surface area contributed by atoms with Gasteiger partial charge in [-0.1, -0.05) is 30.1 Å². The number of likely N-dealkylation sites (tertiary alicyclic amines) is 1. The molecule has 0 aromatic heterocycles. The molecule has 2 saturated heterocycles. The summed E-state index contributed by atoms with van der Waals surface area (Å²) in [5.41, 5.74) is 0.570. The lowest BCUT2D eigenvalue weighted by molar-refractivity contribution is -0.132. The highest BCUT2D eigenvalue weighted by molar-refractivity contribution is 8.00. The van der Waals surface area contributed by atoms with Crippen LogP contribution in [0.1, 0.15) is 43.0 Å². The number of piperidine rings is 1. The topological polar surface area (TPSA) is 40.6 Å². The number of thioether (sulfide) groups is 1. The molecule has 25 heavy (non-hydrogen) atoms. The van der Waals surface area contributed by atoms with Crippen molar-refractivity contribution in [2.24, 2.45) is 0 Å². The number of carbonyl (C=O) groups excluding carboxylic acids is 2. The van der Waals surface area contributed by atoms with Crippen LogP contribution in [-0.2, 0) is 4.79 Å². The second-order valence-corrected chi connectivity index (χ2v) is 8.78. The number of hydrogen-bond donors (Lipinski definition) is 0. The molecule has 2 aliphatic rings. The van der Waals surface area contributed by atoms with Crippen LogP contribution >= 0.6 is 35.0 Å². The number of halogens is 2. The van der Waals surface area contributed by atoms with Crippen molar-refractivity contribution < 1.29 is 9.59 Å². The summed E-state index contributed by atoms with van der Waals surface area (Å²) in [5.74, 6) is 1.15. The number of benzene rings is 1. The second kappa shape index (κ2) is 7.77. The van der Waals surface area contributed by atoms with Gasteiger partial charge in [0, 0.05) is 37.4 Å². The number of nitrogens with zero attached hydrogens (tertiary/aromatic N) is 2. The van der Waals surface area contributed by atoms with Crippen LogP contribution in [0.25, 0.3) is 0 Å². The van der Waals surface area contributed by atoms with Gasteiger partial charge in [-0.2, -0.15) is 0 Å². The van der Waals surface area contributed by atoms with E-state index in [9.17, 15) is 9.59 Å². The quantitative estimate of drug-likeness (QED) is 0.758. The van der Waals surface area contributed by atoms with E-state index < -0.39 is 0 Å². The smallest absolute Gasteiger partial charge is 0.255 e. The average Bonchev–Trinajstić information content (AvgIpc) is 3.00. The lowest BCUT2D eigenvalue weighted by Crippen LogP contribution is -2.53. The van der Waals surface area contributed by atoms with Gasteiger partial charge >= 0.3 is 0 Å². The van der Waals surface area contributed by atoms with Gasteiger partial charge in [0.1, 0.15) is 0 Å². The van der Waals surface area contributed by atoms with Crippen molar-refractivity contribution >= 4 is 46.8 Å². The van der Waals surface area contributed by atoms with Crippen molar-refractivity contribution in [2.45, 2.75) is 37.5 Å². The summed E-state index contributed by atoms with van der Waals surface area (Å²) in [5, 5.41) is 0.847. The van der Waals surface area contributed by atoms with E-state index in [1.807, 2.05) is 28.5 Å². The van der Waals surface area contributed by atoms with E-state index in [1.165, 1.54) is 0 Å². The molecule has 1 aromatic rings. The molecule has 0 N–H and O–H groups in total. The highest BCUT2D eigenvalue weighted by atomic mass is 35.5. The van der Waals surface area contributed by atoms with Crippen molar-refractivity contribution in [3.63, 3.8) is 0 Å². The molecule has 0 unspecified atom stereocenters. The van der Waals surface area contributed by atoms with Crippen LogP contribution in [-0.4, -0.2) is 51.9 Å². The Hall–Kier alpha value is -0.910. The third-order valence-electron chi connectivity index (χ3n) is 4.95. The third-order valence-corrected chi connectivity index (χ3v) is 7.24. The zero-order valence-corrected chi connectivity index (χ0v) is 16.6. The molecule has 0 atom stereocenters. The van der Waals surface area contributed by atoms with E-state index in [0.29, 0.717) is 22.0 Å². The molecule has 0 saturated carbocycles. The predicted octanol–water partition coefficient (Wildman–Crippen LogP) is 4.30. The molecule has 136 valence electrons. The molecule has 4 nitrogen and oxygen atoms in total. The predicted molar refractivity (Wildman–Crippen MR) is 103 cm³/mol. The number of carbonyl (C=O) groups is 2. The SMILES string of the molecule is CCCC(=O)N1CCC2(CC1)SCCN2C(=O)c1ccc(Cl)c(Cl)c1. The zero-order valence-electron chi connectivity index (χ0n) is 14.3. The minimum Gasteiger partial charge on any atom is -0.342 e. The summed E-state index contributed by atoms with van der Waals surface area (Å²) < 4.78 is 0. The van der Waals surface area contributed by atoms with E-state index in [-0.39, 0.29) is 16.7 Å². The van der Waals surface area contributed by atoms with Crippen LogP contribution in [0.4, 0.5) is 0 Å². The fourth-order valence-electron chi connectivity index (χ4n) is 3.57. The van der Waals surface area contributed by atoms with Gasteiger partial charge in [0.05, 0.1) is 14.9 Å². The summed E-state index contributed by atoms with van der Waals surface area (Å²) in [6.07, 6.45) is 3.11. The first-order valence-corrected chi connectivity index (χ1v) is 10.4. The van der Waals surface area contributed by atoms with Gasteiger partial charge in [0.15, 0.2) is 0 Å². The summed E-state index contributed by atoms with van der Waals surface area (Å²) in [6, 6.07) is 5.04. The molecular weight excluding hydrogens is 379 g/mol. The van der Waals surface area contributed by atoms with Gasteiger partial charge in [-0.05, 0) is 37.5 Å². The lowest BCUT2D eigenvalue weighted by atomic mass is 10.0. The van der Waals surface area contributed by atoms with Gasteiger partial charge in [-0.15, -0.1) is 11.8 Å². The van der Waals surface area contributed by atoms with Crippen LogP contribution < -0.4 is 0 Å². The highest BCUT2D eigenvalue weighted by Gasteiger charge is 2.46. The van der Waals surface area contributed by atoms with Crippen LogP contribution in [0, 0.1) is 0 Å². The molecule has 0 radical (unpaired) electrons. The average molecular weight is 401 g/mol. The normalized spacial score (nSPS) is 19.5. The molecule has 1 spiro atoms. The molecule has 1 aromatic carbocycles. The third kappa shape index (κ3) is 3.79. The number of rotatable bonds is 3. The van der Waals surface area contributed by atoms with Gasteiger partial charge < -0.3 is 9.80 Å². The van der Waals surface area contributed by atoms with E-state index in [1.54, 1.807) is 18.2 Å². The minimum atomic E-state index is -0.202. The first-order valence-electron chi connectivity index (χ1n) is 8.65. The van der Waals surface area contributed by atoms with Crippen molar-refractivity contribution in [3.8, 4) is 0 Å². The Morgan fingerprint density at radius 3 is 2.52 bits per heavy atom. The van der Waals surface area contributed by atoms with E-state index in [4.69, 9.17) is 23.2 Å². The molecule has 2 aliphatic heterocycles. The summed E-state index contributed by atoms with van der Waals surface area (Å²) >= 11 is 13.9. The molecule has 2 amide bonds.